The smallest absolute Gasteiger partial charge is 0.141 e. The lowest BCUT2D eigenvalue weighted by atomic mass is 10.2. The molecule has 19 heavy (non-hydrogen) atoms. The van der Waals surface area contributed by atoms with Crippen LogP contribution in [-0.4, -0.2) is 19.1 Å². The van der Waals surface area contributed by atoms with Gasteiger partial charge in [0.05, 0.1) is 17.1 Å². The molecule has 1 N–H and O–H groups in total. The number of hydrogen-bond acceptors (Lipinski definition) is 4. The fourth-order valence-corrected chi connectivity index (χ4v) is 3.02. The van der Waals surface area contributed by atoms with Crippen LogP contribution in [0.15, 0.2) is 24.4 Å². The van der Waals surface area contributed by atoms with E-state index in [-0.39, 0.29) is 5.82 Å². The number of aromatic nitrogens is 1. The second-order valence-electron chi connectivity index (χ2n) is 4.23. The number of nitrogens with zero attached hydrogens (tertiary/aromatic N) is 2. The molecule has 102 valence electrons. The minimum atomic E-state index is -0.318. The zero-order valence-corrected chi connectivity index (χ0v) is 12.4. The van der Waals surface area contributed by atoms with Gasteiger partial charge < -0.3 is 10.2 Å². The van der Waals surface area contributed by atoms with Crippen LogP contribution in [0.5, 0.6) is 0 Å². The first-order valence-electron chi connectivity index (χ1n) is 5.84. The molecule has 0 amide bonds. The Balaban J connectivity index is 2.20. The zero-order chi connectivity index (χ0) is 13.8. The van der Waals surface area contributed by atoms with E-state index >= 15 is 0 Å². The lowest BCUT2D eigenvalue weighted by Gasteiger charge is -2.20. The third-order valence-corrected chi connectivity index (χ3v) is 3.88. The molecule has 3 nitrogen and oxygen atoms in total. The summed E-state index contributed by atoms with van der Waals surface area (Å²) in [6.45, 7) is 1.28. The lowest BCUT2D eigenvalue weighted by Crippen LogP contribution is -2.20. The first-order chi connectivity index (χ1) is 9.10. The van der Waals surface area contributed by atoms with Gasteiger partial charge in [0.1, 0.15) is 11.6 Å². The van der Waals surface area contributed by atoms with Crippen molar-refractivity contribution in [3.05, 3.63) is 45.0 Å². The summed E-state index contributed by atoms with van der Waals surface area (Å²) < 4.78 is 14.0. The summed E-state index contributed by atoms with van der Waals surface area (Å²) in [5.41, 5.74) is 0.840. The number of hydrogen-bond donors (Lipinski definition) is 1. The molecule has 0 aliphatic rings. The van der Waals surface area contributed by atoms with Crippen molar-refractivity contribution in [3.63, 3.8) is 0 Å². The van der Waals surface area contributed by atoms with Crippen LogP contribution in [0, 0.1) is 5.82 Å². The standard InChI is InChI=1S/C13H15ClFN3S/c1-16-6-9-5-10(15)7-17-13(9)18(2)8-11-3-4-12(14)19-11/h3-5,7,16H,6,8H2,1-2H3. The van der Waals surface area contributed by atoms with Crippen molar-refractivity contribution in [1.29, 1.82) is 0 Å². The van der Waals surface area contributed by atoms with Gasteiger partial charge in [0, 0.05) is 24.0 Å². The molecule has 0 aliphatic carbocycles. The van der Waals surface area contributed by atoms with E-state index in [4.69, 9.17) is 11.6 Å². The first kappa shape index (κ1) is 14.2. The summed E-state index contributed by atoms with van der Waals surface area (Å²) in [7, 11) is 3.76. The van der Waals surface area contributed by atoms with Crippen molar-refractivity contribution in [1.82, 2.24) is 10.3 Å². The summed E-state index contributed by atoms with van der Waals surface area (Å²) in [6, 6.07) is 5.38. The monoisotopic (exact) mass is 299 g/mol. The van der Waals surface area contributed by atoms with E-state index in [2.05, 4.69) is 10.3 Å². The molecule has 0 unspecified atom stereocenters. The predicted molar refractivity (Wildman–Crippen MR) is 78.4 cm³/mol. The summed E-state index contributed by atoms with van der Waals surface area (Å²) in [5.74, 6) is 0.460. The highest BCUT2D eigenvalue weighted by molar-refractivity contribution is 7.16. The molecule has 0 saturated heterocycles. The number of halogens is 2. The second kappa shape index (κ2) is 6.32. The maximum Gasteiger partial charge on any atom is 0.141 e. The van der Waals surface area contributed by atoms with Gasteiger partial charge in [0.15, 0.2) is 0 Å². The molecule has 2 heterocycles. The van der Waals surface area contributed by atoms with Crippen LogP contribution in [0.3, 0.4) is 0 Å². The highest BCUT2D eigenvalue weighted by Gasteiger charge is 2.11. The van der Waals surface area contributed by atoms with Crippen LogP contribution in [0.1, 0.15) is 10.4 Å². The molecule has 0 fully saturated rings. The zero-order valence-electron chi connectivity index (χ0n) is 10.8. The molecule has 2 rings (SSSR count). The molecule has 0 aromatic carbocycles. The van der Waals surface area contributed by atoms with Crippen molar-refractivity contribution in [2.24, 2.45) is 0 Å². The molecule has 6 heteroatoms. The van der Waals surface area contributed by atoms with Crippen LogP contribution in [0.25, 0.3) is 0 Å². The van der Waals surface area contributed by atoms with Crippen molar-refractivity contribution >= 4 is 28.8 Å². The van der Waals surface area contributed by atoms with Crippen LogP contribution in [-0.2, 0) is 13.1 Å². The van der Waals surface area contributed by atoms with Crippen molar-refractivity contribution in [2.45, 2.75) is 13.1 Å². The van der Waals surface area contributed by atoms with Crippen LogP contribution in [0.2, 0.25) is 4.34 Å². The predicted octanol–water partition coefficient (Wildman–Crippen LogP) is 3.29. The quantitative estimate of drug-likeness (QED) is 0.918. The maximum absolute atomic E-state index is 13.2. The fraction of sp³-hybridized carbons (Fsp3) is 0.308. The van der Waals surface area contributed by atoms with E-state index in [9.17, 15) is 4.39 Å². The topological polar surface area (TPSA) is 28.2 Å². The van der Waals surface area contributed by atoms with Gasteiger partial charge >= 0.3 is 0 Å². The lowest BCUT2D eigenvalue weighted by molar-refractivity contribution is 0.615. The van der Waals surface area contributed by atoms with Gasteiger partial charge in [-0.25, -0.2) is 9.37 Å². The minimum absolute atomic E-state index is 0.318. The number of nitrogens with one attached hydrogen (secondary N) is 1. The van der Waals surface area contributed by atoms with Crippen LogP contribution in [0.4, 0.5) is 10.2 Å². The Kier molecular flexibility index (Phi) is 4.74. The molecule has 0 radical (unpaired) electrons. The second-order valence-corrected chi connectivity index (χ2v) is 6.03. The normalized spacial score (nSPS) is 10.7. The number of thiophene rings is 1. The van der Waals surface area contributed by atoms with Gasteiger partial charge in [-0.15, -0.1) is 11.3 Å². The molecule has 0 bridgehead atoms. The van der Waals surface area contributed by atoms with Crippen molar-refractivity contribution in [3.8, 4) is 0 Å². The van der Waals surface area contributed by atoms with Gasteiger partial charge in [-0.3, -0.25) is 0 Å². The Bertz CT molecular complexity index is 559. The number of pyridine rings is 1. The third kappa shape index (κ3) is 3.65. The van der Waals surface area contributed by atoms with E-state index < -0.39 is 0 Å². The summed E-state index contributed by atoms with van der Waals surface area (Å²) in [5, 5.41) is 3.02. The van der Waals surface area contributed by atoms with Gasteiger partial charge in [0.2, 0.25) is 0 Å². The van der Waals surface area contributed by atoms with E-state index in [1.165, 1.54) is 23.6 Å². The summed E-state index contributed by atoms with van der Waals surface area (Å²) >= 11 is 7.46. The molecule has 0 saturated carbocycles. The Labute approximate surface area is 121 Å². The average molecular weight is 300 g/mol. The number of anilines is 1. The Hall–Kier alpha value is -1.17. The van der Waals surface area contributed by atoms with E-state index in [0.29, 0.717) is 13.1 Å². The molecule has 0 spiro atoms. The first-order valence-corrected chi connectivity index (χ1v) is 7.04. The molecule has 0 aliphatic heterocycles. The number of rotatable bonds is 5. The van der Waals surface area contributed by atoms with Gasteiger partial charge in [-0.2, -0.15) is 0 Å². The molecule has 2 aromatic heterocycles. The van der Waals surface area contributed by atoms with E-state index in [1.807, 2.05) is 31.1 Å². The SMILES string of the molecule is CNCc1cc(F)cnc1N(C)Cc1ccc(Cl)s1. The summed E-state index contributed by atoms with van der Waals surface area (Å²) in [6.07, 6.45) is 1.24. The highest BCUT2D eigenvalue weighted by atomic mass is 35.5. The van der Waals surface area contributed by atoms with E-state index in [1.54, 1.807) is 0 Å². The van der Waals surface area contributed by atoms with Crippen molar-refractivity contribution < 1.29 is 4.39 Å². The Morgan fingerprint density at radius 3 is 2.89 bits per heavy atom. The Morgan fingerprint density at radius 1 is 1.47 bits per heavy atom. The van der Waals surface area contributed by atoms with Gasteiger partial charge in [0.25, 0.3) is 0 Å². The Morgan fingerprint density at radius 2 is 2.26 bits per heavy atom. The molecular weight excluding hydrogens is 285 g/mol. The largest absolute Gasteiger partial charge is 0.354 e. The van der Waals surface area contributed by atoms with E-state index in [0.717, 1.165) is 20.6 Å². The third-order valence-electron chi connectivity index (χ3n) is 2.66. The molecular formula is C13H15ClFN3S. The maximum atomic E-state index is 13.2. The highest BCUT2D eigenvalue weighted by Crippen LogP contribution is 2.25. The fourth-order valence-electron chi connectivity index (χ4n) is 1.88. The molecule has 0 atom stereocenters. The van der Waals surface area contributed by atoms with Crippen LogP contribution >= 0.6 is 22.9 Å². The molecule has 2 aromatic rings. The summed E-state index contributed by atoms with van der Waals surface area (Å²) in [4.78, 5) is 7.32. The van der Waals surface area contributed by atoms with Gasteiger partial charge in [-0.05, 0) is 25.2 Å². The minimum Gasteiger partial charge on any atom is -0.354 e. The van der Waals surface area contributed by atoms with Gasteiger partial charge in [-0.1, -0.05) is 11.6 Å². The average Bonchev–Trinajstić information content (AvgIpc) is 2.75. The van der Waals surface area contributed by atoms with Crippen LogP contribution < -0.4 is 10.2 Å². The van der Waals surface area contributed by atoms with Crippen molar-refractivity contribution in [2.75, 3.05) is 19.0 Å².